The number of guanidine groups is 1. The van der Waals surface area contributed by atoms with Crippen LogP contribution >= 0.6 is 0 Å². The van der Waals surface area contributed by atoms with Crippen molar-refractivity contribution in [1.82, 2.24) is 20.5 Å². The number of aryl methyl sites for hydroxylation is 1. The van der Waals surface area contributed by atoms with Crippen LogP contribution in [0.25, 0.3) is 0 Å². The Morgan fingerprint density at radius 3 is 2.59 bits per heavy atom. The van der Waals surface area contributed by atoms with E-state index in [1.165, 1.54) is 11.1 Å². The molecule has 0 radical (unpaired) electrons. The van der Waals surface area contributed by atoms with Gasteiger partial charge in [0, 0.05) is 50.9 Å². The molecule has 1 unspecified atom stereocenters. The second-order valence-electron chi connectivity index (χ2n) is 8.05. The van der Waals surface area contributed by atoms with Gasteiger partial charge in [0.15, 0.2) is 5.96 Å². The van der Waals surface area contributed by atoms with E-state index in [4.69, 9.17) is 4.99 Å². The number of benzene rings is 1. The summed E-state index contributed by atoms with van der Waals surface area (Å²) in [6, 6.07) is 15.4. The lowest BCUT2D eigenvalue weighted by molar-refractivity contribution is 0.196. The van der Waals surface area contributed by atoms with Crippen molar-refractivity contribution in [3.8, 4) is 0 Å². The first-order chi connectivity index (χ1) is 14.1. The number of pyridine rings is 1. The Morgan fingerprint density at radius 2 is 1.93 bits per heavy atom. The van der Waals surface area contributed by atoms with Crippen LogP contribution in [0.4, 0.5) is 0 Å². The Bertz CT molecular complexity index is 749. The third-order valence-electron chi connectivity index (χ3n) is 5.55. The lowest BCUT2D eigenvalue weighted by Gasteiger charge is -2.33. The topological polar surface area (TPSA) is 52.6 Å². The minimum atomic E-state index is 0.409. The first-order valence-corrected chi connectivity index (χ1v) is 10.9. The molecule has 2 heterocycles. The Kier molecular flexibility index (Phi) is 8.05. The summed E-state index contributed by atoms with van der Waals surface area (Å²) in [5.41, 5.74) is 3.80. The Morgan fingerprint density at radius 1 is 1.17 bits per heavy atom. The maximum atomic E-state index is 4.86. The summed E-state index contributed by atoms with van der Waals surface area (Å²) in [7, 11) is 0. The van der Waals surface area contributed by atoms with Gasteiger partial charge in [0.25, 0.3) is 0 Å². The van der Waals surface area contributed by atoms with Crippen LogP contribution in [0.2, 0.25) is 0 Å². The van der Waals surface area contributed by atoms with E-state index >= 15 is 0 Å². The predicted octanol–water partition coefficient (Wildman–Crippen LogP) is 3.71. The second-order valence-corrected chi connectivity index (χ2v) is 8.05. The molecule has 156 valence electrons. The highest BCUT2D eigenvalue weighted by Gasteiger charge is 2.20. The highest BCUT2D eigenvalue weighted by Crippen LogP contribution is 2.16. The molecule has 1 aromatic heterocycles. The van der Waals surface area contributed by atoms with Crippen molar-refractivity contribution in [2.75, 3.05) is 26.2 Å². The predicted molar refractivity (Wildman–Crippen MR) is 121 cm³/mol. The van der Waals surface area contributed by atoms with E-state index in [0.717, 1.165) is 57.2 Å². The Balaban J connectivity index is 1.48. The van der Waals surface area contributed by atoms with Crippen molar-refractivity contribution in [3.63, 3.8) is 0 Å². The van der Waals surface area contributed by atoms with Crippen molar-refractivity contribution in [2.24, 2.45) is 4.99 Å². The number of likely N-dealkylation sites (tertiary alicyclic amines) is 1. The molecule has 0 aliphatic carbocycles. The highest BCUT2D eigenvalue weighted by atomic mass is 15.2. The smallest absolute Gasteiger partial charge is 0.191 e. The average Bonchev–Trinajstić information content (AvgIpc) is 2.74. The second kappa shape index (κ2) is 11.0. The summed E-state index contributed by atoms with van der Waals surface area (Å²) >= 11 is 0. The molecule has 0 amide bonds. The summed E-state index contributed by atoms with van der Waals surface area (Å²) < 4.78 is 0. The van der Waals surface area contributed by atoms with Gasteiger partial charge in [0.1, 0.15) is 0 Å². The van der Waals surface area contributed by atoms with Gasteiger partial charge < -0.3 is 10.6 Å². The molecular weight excluding hydrogens is 358 g/mol. The SMILES string of the molecule is CCNC(=NCC(C)c1ccc(C)cc1)NC1CCN(Cc2ccccn2)CC1. The number of aromatic nitrogens is 1. The van der Waals surface area contributed by atoms with E-state index in [-0.39, 0.29) is 0 Å². The summed E-state index contributed by atoms with van der Waals surface area (Å²) in [5, 5.41) is 7.07. The molecule has 1 aromatic carbocycles. The van der Waals surface area contributed by atoms with Gasteiger partial charge in [-0.2, -0.15) is 0 Å². The van der Waals surface area contributed by atoms with Crippen molar-refractivity contribution in [2.45, 2.75) is 52.1 Å². The molecule has 1 saturated heterocycles. The molecule has 2 N–H and O–H groups in total. The number of rotatable bonds is 7. The van der Waals surface area contributed by atoms with Crippen LogP contribution in [0.5, 0.6) is 0 Å². The van der Waals surface area contributed by atoms with Gasteiger partial charge in [-0.15, -0.1) is 0 Å². The van der Waals surface area contributed by atoms with Crippen LogP contribution in [0.3, 0.4) is 0 Å². The summed E-state index contributed by atoms with van der Waals surface area (Å²) in [4.78, 5) is 11.8. The first-order valence-electron chi connectivity index (χ1n) is 10.9. The molecule has 5 heteroatoms. The lowest BCUT2D eigenvalue weighted by atomic mass is 10.0. The standard InChI is InChI=1S/C24H35N5/c1-4-25-24(27-17-20(3)21-10-8-19(2)9-11-21)28-22-12-15-29(16-13-22)18-23-7-5-6-14-26-23/h5-11,14,20,22H,4,12-13,15-18H2,1-3H3,(H2,25,27,28). The van der Waals surface area contributed by atoms with Crippen LogP contribution in [0.1, 0.15) is 49.4 Å². The Hall–Kier alpha value is -2.40. The van der Waals surface area contributed by atoms with E-state index in [9.17, 15) is 0 Å². The Labute approximate surface area is 175 Å². The molecule has 0 saturated carbocycles. The number of piperidine rings is 1. The monoisotopic (exact) mass is 393 g/mol. The average molecular weight is 394 g/mol. The third-order valence-corrected chi connectivity index (χ3v) is 5.55. The number of aliphatic imine (C=N–C) groups is 1. The van der Waals surface area contributed by atoms with Crippen LogP contribution in [0, 0.1) is 6.92 Å². The molecular formula is C24H35N5. The van der Waals surface area contributed by atoms with Gasteiger partial charge in [-0.1, -0.05) is 42.8 Å². The minimum absolute atomic E-state index is 0.409. The van der Waals surface area contributed by atoms with Crippen LogP contribution < -0.4 is 10.6 Å². The van der Waals surface area contributed by atoms with Crippen LogP contribution in [0.15, 0.2) is 53.7 Å². The zero-order valence-corrected chi connectivity index (χ0v) is 18.1. The number of nitrogens with one attached hydrogen (secondary N) is 2. The molecule has 1 fully saturated rings. The number of nitrogens with zero attached hydrogens (tertiary/aromatic N) is 3. The lowest BCUT2D eigenvalue weighted by Crippen LogP contribution is -2.48. The maximum absolute atomic E-state index is 4.86. The molecule has 3 rings (SSSR count). The third kappa shape index (κ3) is 6.86. The molecule has 0 spiro atoms. The van der Waals surface area contributed by atoms with Crippen molar-refractivity contribution in [3.05, 3.63) is 65.5 Å². The summed E-state index contributed by atoms with van der Waals surface area (Å²) in [6.45, 7) is 11.3. The maximum Gasteiger partial charge on any atom is 0.191 e. The van der Waals surface area contributed by atoms with Gasteiger partial charge in [-0.25, -0.2) is 0 Å². The summed E-state index contributed by atoms with van der Waals surface area (Å²) in [6.07, 6.45) is 4.13. The zero-order valence-electron chi connectivity index (χ0n) is 18.1. The van der Waals surface area contributed by atoms with E-state index in [1.54, 1.807) is 0 Å². The molecule has 5 nitrogen and oxygen atoms in total. The van der Waals surface area contributed by atoms with Gasteiger partial charge in [-0.3, -0.25) is 14.9 Å². The quantitative estimate of drug-likeness (QED) is 0.556. The normalized spacial score (nSPS) is 17.1. The molecule has 1 aliphatic heterocycles. The highest BCUT2D eigenvalue weighted by molar-refractivity contribution is 5.80. The first kappa shape index (κ1) is 21.3. The van der Waals surface area contributed by atoms with Gasteiger partial charge in [0.2, 0.25) is 0 Å². The van der Waals surface area contributed by atoms with E-state index in [1.807, 2.05) is 12.3 Å². The molecule has 0 bridgehead atoms. The molecule has 1 aliphatic rings. The largest absolute Gasteiger partial charge is 0.357 e. The zero-order chi connectivity index (χ0) is 20.5. The molecule has 1 atom stereocenters. The fourth-order valence-electron chi connectivity index (χ4n) is 3.70. The number of hydrogen-bond donors (Lipinski definition) is 2. The van der Waals surface area contributed by atoms with E-state index in [2.05, 4.69) is 77.7 Å². The van der Waals surface area contributed by atoms with E-state index < -0.39 is 0 Å². The van der Waals surface area contributed by atoms with Gasteiger partial charge in [0.05, 0.1) is 5.69 Å². The van der Waals surface area contributed by atoms with Crippen LogP contribution in [-0.4, -0.2) is 48.1 Å². The van der Waals surface area contributed by atoms with E-state index in [0.29, 0.717) is 12.0 Å². The van der Waals surface area contributed by atoms with Crippen molar-refractivity contribution >= 4 is 5.96 Å². The van der Waals surface area contributed by atoms with Crippen molar-refractivity contribution < 1.29 is 0 Å². The fraction of sp³-hybridized carbons (Fsp3) is 0.500. The summed E-state index contributed by atoms with van der Waals surface area (Å²) in [5.74, 6) is 1.35. The van der Waals surface area contributed by atoms with Gasteiger partial charge >= 0.3 is 0 Å². The minimum Gasteiger partial charge on any atom is -0.357 e. The van der Waals surface area contributed by atoms with Crippen molar-refractivity contribution in [1.29, 1.82) is 0 Å². The molecule has 2 aromatic rings. The fourth-order valence-corrected chi connectivity index (χ4v) is 3.70. The van der Waals surface area contributed by atoms with Crippen LogP contribution in [-0.2, 0) is 6.54 Å². The number of hydrogen-bond acceptors (Lipinski definition) is 3. The molecule has 29 heavy (non-hydrogen) atoms. The van der Waals surface area contributed by atoms with Gasteiger partial charge in [-0.05, 0) is 44.4 Å².